The van der Waals surface area contributed by atoms with Gasteiger partial charge in [-0.25, -0.2) is 0 Å². The Morgan fingerprint density at radius 3 is 2.33 bits per heavy atom. The molecule has 0 N–H and O–H groups in total. The molecule has 2 heteroatoms. The smallest absolute Gasteiger partial charge is 0.120 e. The fraction of sp³-hybridized carbons (Fsp3) is 0.231. The first-order chi connectivity index (χ1) is 7.31. The van der Waals surface area contributed by atoms with Gasteiger partial charge in [0, 0.05) is 24.2 Å². The Kier molecular flexibility index (Phi) is 4.48. The molecule has 1 aromatic carbocycles. The molecule has 1 aromatic rings. The van der Waals surface area contributed by atoms with Crippen molar-refractivity contribution in [2.24, 2.45) is 0 Å². The standard InChI is InChI=1S/C13H17NO/c1-4-9-14(10-5-2)12-7-6-8-13(11-12)15-3/h4-11H,1-3H3. The van der Waals surface area contributed by atoms with Crippen LogP contribution in [0.5, 0.6) is 5.75 Å². The van der Waals surface area contributed by atoms with E-state index < -0.39 is 0 Å². The van der Waals surface area contributed by atoms with E-state index in [2.05, 4.69) is 0 Å². The summed E-state index contributed by atoms with van der Waals surface area (Å²) in [6.07, 6.45) is 8.02. The van der Waals surface area contributed by atoms with Crippen LogP contribution >= 0.6 is 0 Å². The van der Waals surface area contributed by atoms with Crippen molar-refractivity contribution in [2.45, 2.75) is 13.8 Å². The minimum Gasteiger partial charge on any atom is -0.497 e. The third-order valence-electron chi connectivity index (χ3n) is 1.97. The molecule has 0 spiro atoms. The van der Waals surface area contributed by atoms with Gasteiger partial charge in [-0.3, -0.25) is 0 Å². The average molecular weight is 203 g/mol. The van der Waals surface area contributed by atoms with Gasteiger partial charge in [0.2, 0.25) is 0 Å². The molecule has 0 unspecified atom stereocenters. The van der Waals surface area contributed by atoms with Crippen molar-refractivity contribution >= 4 is 5.69 Å². The Morgan fingerprint density at radius 2 is 1.80 bits per heavy atom. The summed E-state index contributed by atoms with van der Waals surface area (Å²) < 4.78 is 5.19. The molecule has 15 heavy (non-hydrogen) atoms. The molecule has 0 atom stereocenters. The van der Waals surface area contributed by atoms with Crippen LogP contribution in [0.15, 0.2) is 48.8 Å². The van der Waals surface area contributed by atoms with E-state index in [9.17, 15) is 0 Å². The molecule has 0 amide bonds. The van der Waals surface area contributed by atoms with E-state index in [0.29, 0.717) is 0 Å². The van der Waals surface area contributed by atoms with Crippen LogP contribution in [0, 0.1) is 0 Å². The number of hydrogen-bond acceptors (Lipinski definition) is 2. The highest BCUT2D eigenvalue weighted by Crippen LogP contribution is 2.21. The summed E-state index contributed by atoms with van der Waals surface area (Å²) >= 11 is 0. The van der Waals surface area contributed by atoms with Crippen molar-refractivity contribution in [3.8, 4) is 5.75 Å². The molecule has 80 valence electrons. The van der Waals surface area contributed by atoms with E-state index in [4.69, 9.17) is 4.74 Å². The van der Waals surface area contributed by atoms with E-state index in [1.807, 2.05) is 67.6 Å². The highest BCUT2D eigenvalue weighted by atomic mass is 16.5. The van der Waals surface area contributed by atoms with E-state index in [1.54, 1.807) is 7.11 Å². The minimum absolute atomic E-state index is 0.867. The lowest BCUT2D eigenvalue weighted by Gasteiger charge is -2.16. The number of nitrogens with zero attached hydrogens (tertiary/aromatic N) is 1. The minimum atomic E-state index is 0.867. The Labute approximate surface area is 91.5 Å². The van der Waals surface area contributed by atoms with Gasteiger partial charge in [0.05, 0.1) is 7.11 Å². The van der Waals surface area contributed by atoms with E-state index in [0.717, 1.165) is 11.4 Å². The lowest BCUT2D eigenvalue weighted by Crippen LogP contribution is -2.06. The quantitative estimate of drug-likeness (QED) is 0.741. The van der Waals surface area contributed by atoms with E-state index >= 15 is 0 Å². The van der Waals surface area contributed by atoms with E-state index in [-0.39, 0.29) is 0 Å². The summed E-state index contributed by atoms with van der Waals surface area (Å²) in [5.74, 6) is 0.867. The van der Waals surface area contributed by atoms with Gasteiger partial charge < -0.3 is 9.64 Å². The topological polar surface area (TPSA) is 12.5 Å². The van der Waals surface area contributed by atoms with Crippen LogP contribution in [0.3, 0.4) is 0 Å². The normalized spacial score (nSPS) is 11.1. The van der Waals surface area contributed by atoms with Crippen LogP contribution in [-0.2, 0) is 0 Å². The molecule has 0 aliphatic heterocycles. The Morgan fingerprint density at radius 1 is 1.13 bits per heavy atom. The Balaban J connectivity index is 2.99. The van der Waals surface area contributed by atoms with Gasteiger partial charge in [0.15, 0.2) is 0 Å². The molecule has 1 rings (SSSR count). The number of methoxy groups -OCH3 is 1. The van der Waals surface area contributed by atoms with Crippen LogP contribution in [-0.4, -0.2) is 7.11 Å². The predicted octanol–water partition coefficient (Wildman–Crippen LogP) is 3.57. The summed E-state index contributed by atoms with van der Waals surface area (Å²) in [5.41, 5.74) is 1.09. The van der Waals surface area contributed by atoms with Crippen molar-refractivity contribution in [3.05, 3.63) is 48.8 Å². The number of rotatable bonds is 4. The first-order valence-corrected chi connectivity index (χ1v) is 5.00. The summed E-state index contributed by atoms with van der Waals surface area (Å²) in [5, 5.41) is 0. The van der Waals surface area contributed by atoms with Gasteiger partial charge in [0.25, 0.3) is 0 Å². The Bertz CT molecular complexity index is 343. The molecule has 0 radical (unpaired) electrons. The molecule has 0 aliphatic rings. The van der Waals surface area contributed by atoms with Gasteiger partial charge in [-0.15, -0.1) is 0 Å². The van der Waals surface area contributed by atoms with Crippen LogP contribution in [0.1, 0.15) is 13.8 Å². The van der Waals surface area contributed by atoms with E-state index in [1.165, 1.54) is 0 Å². The number of anilines is 1. The largest absolute Gasteiger partial charge is 0.497 e. The lowest BCUT2D eigenvalue weighted by molar-refractivity contribution is 0.415. The third-order valence-corrected chi connectivity index (χ3v) is 1.97. The molecule has 0 aromatic heterocycles. The SMILES string of the molecule is CC=CN(C=CC)c1cccc(OC)c1. The van der Waals surface area contributed by atoms with Crippen LogP contribution in [0.4, 0.5) is 5.69 Å². The van der Waals surface area contributed by atoms with Gasteiger partial charge in [0.1, 0.15) is 5.75 Å². The fourth-order valence-corrected chi connectivity index (χ4v) is 1.31. The first-order valence-electron chi connectivity index (χ1n) is 5.00. The van der Waals surface area contributed by atoms with Crippen LogP contribution < -0.4 is 9.64 Å². The summed E-state index contributed by atoms with van der Waals surface area (Å²) in [7, 11) is 1.68. The second-order valence-electron chi connectivity index (χ2n) is 3.07. The van der Waals surface area contributed by atoms with Crippen LogP contribution in [0.2, 0.25) is 0 Å². The van der Waals surface area contributed by atoms with Crippen molar-refractivity contribution < 1.29 is 4.74 Å². The summed E-state index contributed by atoms with van der Waals surface area (Å²) in [6.45, 7) is 3.99. The van der Waals surface area contributed by atoms with Crippen molar-refractivity contribution in [1.82, 2.24) is 0 Å². The molecule has 0 bridgehead atoms. The van der Waals surface area contributed by atoms with Gasteiger partial charge in [-0.05, 0) is 26.0 Å². The van der Waals surface area contributed by atoms with Gasteiger partial charge in [-0.1, -0.05) is 18.2 Å². The maximum Gasteiger partial charge on any atom is 0.120 e. The zero-order valence-corrected chi connectivity index (χ0v) is 9.47. The van der Waals surface area contributed by atoms with Gasteiger partial charge >= 0.3 is 0 Å². The fourth-order valence-electron chi connectivity index (χ4n) is 1.31. The molecular weight excluding hydrogens is 186 g/mol. The third kappa shape index (κ3) is 3.17. The lowest BCUT2D eigenvalue weighted by atomic mass is 10.3. The number of hydrogen-bond donors (Lipinski definition) is 0. The van der Waals surface area contributed by atoms with Gasteiger partial charge in [-0.2, -0.15) is 0 Å². The monoisotopic (exact) mass is 203 g/mol. The number of ether oxygens (including phenoxy) is 1. The number of allylic oxidation sites excluding steroid dienone is 2. The number of benzene rings is 1. The molecule has 0 heterocycles. The molecule has 0 fully saturated rings. The maximum atomic E-state index is 5.19. The summed E-state index contributed by atoms with van der Waals surface area (Å²) in [6, 6.07) is 7.96. The highest BCUT2D eigenvalue weighted by molar-refractivity contribution is 5.55. The van der Waals surface area contributed by atoms with Crippen molar-refractivity contribution in [3.63, 3.8) is 0 Å². The van der Waals surface area contributed by atoms with Crippen molar-refractivity contribution in [2.75, 3.05) is 12.0 Å². The summed E-state index contributed by atoms with van der Waals surface area (Å²) in [4.78, 5) is 2.04. The second kappa shape index (κ2) is 5.91. The Hall–Kier alpha value is -1.70. The first kappa shape index (κ1) is 11.4. The second-order valence-corrected chi connectivity index (χ2v) is 3.07. The van der Waals surface area contributed by atoms with Crippen LogP contribution in [0.25, 0.3) is 0 Å². The molecule has 0 aliphatic carbocycles. The average Bonchev–Trinajstić information content (AvgIpc) is 2.29. The zero-order valence-electron chi connectivity index (χ0n) is 9.47. The maximum absolute atomic E-state index is 5.19. The highest BCUT2D eigenvalue weighted by Gasteiger charge is 1.99. The molecule has 0 saturated heterocycles. The molecular formula is C13H17NO. The molecule has 2 nitrogen and oxygen atoms in total. The predicted molar refractivity (Wildman–Crippen MR) is 65.1 cm³/mol. The van der Waals surface area contributed by atoms with Crippen molar-refractivity contribution in [1.29, 1.82) is 0 Å². The molecule has 0 saturated carbocycles. The zero-order chi connectivity index (χ0) is 11.1.